The molecule has 3 heterocycles. The highest BCUT2D eigenvalue weighted by Crippen LogP contribution is 2.59. The van der Waals surface area contributed by atoms with E-state index in [1.807, 2.05) is 60.7 Å². The molecule has 4 N–H and O–H groups in total. The number of aliphatic hydroxyl groups excluding tert-OH is 4. The summed E-state index contributed by atoms with van der Waals surface area (Å²) in [4.78, 5) is 1.71. The highest BCUT2D eigenvalue weighted by Gasteiger charge is 2.80. The smallest absolute Gasteiger partial charge is 0.179 e. The first-order valence-electron chi connectivity index (χ1n) is 8.28. The predicted molar refractivity (Wildman–Crippen MR) is 89.3 cm³/mol. The van der Waals surface area contributed by atoms with E-state index in [4.69, 9.17) is 4.74 Å². The summed E-state index contributed by atoms with van der Waals surface area (Å²) in [5.74, 6) is 0. The van der Waals surface area contributed by atoms with Crippen LogP contribution in [0.3, 0.4) is 0 Å². The standard InChI is InChI=1S/C19H21NO5/c21-11-18-16(23)17(24)19(12-22,25-18)20(18)15(13-7-3-1-4-8-13)14-9-5-2-6-10-14/h1-10,15-17,21-24H,11-12H2/t16?,17?,18-,19+. The van der Waals surface area contributed by atoms with Gasteiger partial charge in [-0.15, -0.1) is 0 Å². The number of nitrogens with zero attached hydrogens (tertiary/aromatic N) is 1. The molecule has 3 saturated heterocycles. The lowest BCUT2D eigenvalue weighted by Crippen LogP contribution is -2.76. The van der Waals surface area contributed by atoms with Crippen LogP contribution in [0.2, 0.25) is 0 Å². The zero-order valence-corrected chi connectivity index (χ0v) is 13.6. The molecule has 0 aromatic heterocycles. The van der Waals surface area contributed by atoms with E-state index in [0.717, 1.165) is 11.1 Å². The maximum Gasteiger partial charge on any atom is 0.179 e. The van der Waals surface area contributed by atoms with Gasteiger partial charge in [-0.05, 0) is 11.1 Å². The first-order chi connectivity index (χ1) is 12.1. The third-order valence-electron chi connectivity index (χ3n) is 5.33. The second kappa shape index (κ2) is 5.88. The Hall–Kier alpha value is -1.80. The third kappa shape index (κ3) is 2.07. The quantitative estimate of drug-likeness (QED) is 0.621. The number of hydrogen-bond donors (Lipinski definition) is 4. The molecule has 2 unspecified atom stereocenters. The molecule has 4 atom stereocenters. The minimum atomic E-state index is -1.45. The van der Waals surface area contributed by atoms with E-state index in [-0.39, 0.29) is 0 Å². The number of rotatable bonds is 5. The fourth-order valence-electron chi connectivity index (χ4n) is 4.19. The van der Waals surface area contributed by atoms with Gasteiger partial charge in [0, 0.05) is 0 Å². The summed E-state index contributed by atoms with van der Waals surface area (Å²) in [7, 11) is 0. The fraction of sp³-hybridized carbons (Fsp3) is 0.368. The van der Waals surface area contributed by atoms with Crippen LogP contribution in [0.15, 0.2) is 60.7 Å². The van der Waals surface area contributed by atoms with Crippen LogP contribution in [-0.2, 0) is 4.74 Å². The van der Waals surface area contributed by atoms with Gasteiger partial charge in [0.2, 0.25) is 0 Å². The molecule has 3 aliphatic rings. The fourth-order valence-corrected chi connectivity index (χ4v) is 4.19. The monoisotopic (exact) mass is 343 g/mol. The van der Waals surface area contributed by atoms with Gasteiger partial charge < -0.3 is 25.2 Å². The minimum Gasteiger partial charge on any atom is -0.392 e. The van der Waals surface area contributed by atoms with E-state index < -0.39 is 42.9 Å². The molecule has 5 rings (SSSR count). The summed E-state index contributed by atoms with van der Waals surface area (Å²) < 4.78 is 5.71. The van der Waals surface area contributed by atoms with Crippen molar-refractivity contribution in [1.29, 1.82) is 0 Å². The zero-order chi connectivity index (χ0) is 17.7. The molecule has 25 heavy (non-hydrogen) atoms. The Morgan fingerprint density at radius 1 is 0.800 bits per heavy atom. The largest absolute Gasteiger partial charge is 0.392 e. The van der Waals surface area contributed by atoms with Gasteiger partial charge in [0.05, 0.1) is 19.3 Å². The topological polar surface area (TPSA) is 93.4 Å². The molecule has 0 radical (unpaired) electrons. The van der Waals surface area contributed by atoms with Crippen molar-refractivity contribution in [2.24, 2.45) is 0 Å². The van der Waals surface area contributed by atoms with E-state index in [9.17, 15) is 20.4 Å². The van der Waals surface area contributed by atoms with Gasteiger partial charge in [0.15, 0.2) is 11.4 Å². The van der Waals surface area contributed by atoms with Crippen LogP contribution in [0.5, 0.6) is 0 Å². The molecular formula is C19H21NO5. The average molecular weight is 343 g/mol. The van der Waals surface area contributed by atoms with Gasteiger partial charge in [0.25, 0.3) is 0 Å². The maximum absolute atomic E-state index is 10.5. The molecule has 0 aliphatic carbocycles. The number of aliphatic hydroxyl groups is 4. The number of ether oxygens (including phenoxy) is 1. The summed E-state index contributed by atoms with van der Waals surface area (Å²) in [6.07, 6.45) is -2.64. The number of fused-ring (bicyclic) bond motifs is 1. The Morgan fingerprint density at radius 2 is 1.20 bits per heavy atom. The van der Waals surface area contributed by atoms with E-state index in [2.05, 4.69) is 0 Å². The number of hydrogen-bond acceptors (Lipinski definition) is 6. The van der Waals surface area contributed by atoms with Crippen molar-refractivity contribution in [3.05, 3.63) is 71.8 Å². The van der Waals surface area contributed by atoms with Crippen LogP contribution in [0.4, 0.5) is 0 Å². The Kier molecular flexibility index (Phi) is 3.92. The van der Waals surface area contributed by atoms with Crippen molar-refractivity contribution in [3.8, 4) is 0 Å². The highest BCUT2D eigenvalue weighted by molar-refractivity contribution is 5.36. The lowest BCUT2D eigenvalue weighted by molar-refractivity contribution is -0.412. The molecule has 0 spiro atoms. The SMILES string of the molecule is OC[C@]12O[C@](CO)(C(O)C1O)N2C(c1ccccc1)c1ccccc1. The summed E-state index contributed by atoms with van der Waals surface area (Å²) in [5.41, 5.74) is -1.07. The van der Waals surface area contributed by atoms with Crippen molar-refractivity contribution in [1.82, 2.24) is 4.90 Å². The van der Waals surface area contributed by atoms with E-state index in [1.54, 1.807) is 4.90 Å². The highest BCUT2D eigenvalue weighted by atomic mass is 16.7. The molecule has 3 fully saturated rings. The van der Waals surface area contributed by atoms with E-state index in [1.165, 1.54) is 0 Å². The van der Waals surface area contributed by atoms with Crippen LogP contribution < -0.4 is 0 Å². The van der Waals surface area contributed by atoms with Crippen molar-refractivity contribution in [2.75, 3.05) is 13.2 Å². The summed E-state index contributed by atoms with van der Waals surface area (Å²) in [5, 5.41) is 40.9. The third-order valence-corrected chi connectivity index (χ3v) is 5.33. The summed E-state index contributed by atoms with van der Waals surface area (Å²) in [6.45, 7) is -0.994. The molecule has 2 aromatic rings. The molecule has 6 heteroatoms. The second-order valence-corrected chi connectivity index (χ2v) is 6.59. The van der Waals surface area contributed by atoms with Crippen LogP contribution >= 0.6 is 0 Å². The molecule has 0 saturated carbocycles. The molecule has 6 nitrogen and oxygen atoms in total. The lowest BCUT2D eigenvalue weighted by Gasteiger charge is -2.59. The molecule has 0 amide bonds. The zero-order valence-electron chi connectivity index (χ0n) is 13.6. The van der Waals surface area contributed by atoms with Crippen LogP contribution in [0.25, 0.3) is 0 Å². The first-order valence-corrected chi connectivity index (χ1v) is 8.28. The summed E-state index contributed by atoms with van der Waals surface area (Å²) >= 11 is 0. The Labute approximate surface area is 145 Å². The minimum absolute atomic E-state index is 0.401. The molecular weight excluding hydrogens is 322 g/mol. The first kappa shape index (κ1) is 16.7. The van der Waals surface area contributed by atoms with Gasteiger partial charge in [-0.3, -0.25) is 0 Å². The molecule has 2 aromatic carbocycles. The van der Waals surface area contributed by atoms with Crippen molar-refractivity contribution < 1.29 is 25.2 Å². The second-order valence-electron chi connectivity index (χ2n) is 6.59. The van der Waals surface area contributed by atoms with Gasteiger partial charge >= 0.3 is 0 Å². The van der Waals surface area contributed by atoms with Gasteiger partial charge in [-0.25, -0.2) is 4.90 Å². The molecule has 132 valence electrons. The van der Waals surface area contributed by atoms with Crippen LogP contribution in [0.1, 0.15) is 17.2 Å². The van der Waals surface area contributed by atoms with Crippen molar-refractivity contribution in [3.63, 3.8) is 0 Å². The average Bonchev–Trinajstić information content (AvgIpc) is 2.99. The van der Waals surface area contributed by atoms with Gasteiger partial charge in [0.1, 0.15) is 12.2 Å². The Bertz CT molecular complexity index is 680. The summed E-state index contributed by atoms with van der Waals surface area (Å²) in [6, 6.07) is 18.7. The predicted octanol–water partition coefficient (Wildman–Crippen LogP) is 0.221. The van der Waals surface area contributed by atoms with Crippen molar-refractivity contribution >= 4 is 0 Å². The van der Waals surface area contributed by atoms with Crippen LogP contribution in [0, 0.1) is 0 Å². The molecule has 3 aliphatic heterocycles. The van der Waals surface area contributed by atoms with E-state index >= 15 is 0 Å². The Balaban J connectivity index is 1.88. The van der Waals surface area contributed by atoms with Gasteiger partial charge in [-0.1, -0.05) is 60.7 Å². The normalized spacial score (nSPS) is 34.3. The van der Waals surface area contributed by atoms with Crippen molar-refractivity contribution in [2.45, 2.75) is 29.7 Å². The Morgan fingerprint density at radius 3 is 1.56 bits per heavy atom. The van der Waals surface area contributed by atoms with Gasteiger partial charge in [-0.2, -0.15) is 0 Å². The molecule has 2 bridgehead atoms. The van der Waals surface area contributed by atoms with Crippen LogP contribution in [-0.4, -0.2) is 62.2 Å². The number of benzene rings is 2. The lowest BCUT2D eigenvalue weighted by atomic mass is 9.92. The van der Waals surface area contributed by atoms with E-state index in [0.29, 0.717) is 0 Å². The maximum atomic E-state index is 10.5.